The molecule has 0 aliphatic carbocycles. The summed E-state index contributed by atoms with van der Waals surface area (Å²) in [5.41, 5.74) is 3.59. The van der Waals surface area contributed by atoms with E-state index in [1.807, 2.05) is 13.0 Å². The average molecular weight is 413 g/mol. The zero-order chi connectivity index (χ0) is 15.2. The molecule has 0 bridgehead atoms. The number of rotatable bonds is 6. The Morgan fingerprint density at radius 3 is 2.62 bits per heavy atom. The van der Waals surface area contributed by atoms with Gasteiger partial charge in [0.15, 0.2) is 0 Å². The van der Waals surface area contributed by atoms with Crippen LogP contribution in [-0.4, -0.2) is 6.61 Å². The van der Waals surface area contributed by atoms with Crippen molar-refractivity contribution >= 4 is 37.5 Å². The van der Waals surface area contributed by atoms with Crippen LogP contribution in [0.25, 0.3) is 0 Å². The van der Waals surface area contributed by atoms with Crippen molar-refractivity contribution in [3.05, 3.63) is 56.5 Å². The fraction of sp³-hybridized carbons (Fsp3) is 0.294. The maximum atomic E-state index is 5.75. The van der Waals surface area contributed by atoms with Gasteiger partial charge in [0.25, 0.3) is 0 Å². The highest BCUT2D eigenvalue weighted by atomic mass is 79.9. The third kappa shape index (κ3) is 4.48. The minimum Gasteiger partial charge on any atom is -0.492 e. The lowest BCUT2D eigenvalue weighted by molar-refractivity contribution is 0.334. The van der Waals surface area contributed by atoms with E-state index in [4.69, 9.17) is 4.74 Å². The van der Waals surface area contributed by atoms with Crippen LogP contribution in [-0.2, 0) is 13.0 Å². The van der Waals surface area contributed by atoms with Crippen LogP contribution in [0.3, 0.4) is 0 Å². The van der Waals surface area contributed by atoms with Crippen molar-refractivity contribution in [2.45, 2.75) is 26.8 Å². The molecular weight excluding hydrogens is 394 g/mol. The van der Waals surface area contributed by atoms with Crippen LogP contribution in [0.15, 0.2) is 45.3 Å². The van der Waals surface area contributed by atoms with Crippen molar-refractivity contribution in [3.63, 3.8) is 0 Å². The van der Waals surface area contributed by atoms with Crippen LogP contribution in [0.1, 0.15) is 25.0 Å². The molecule has 0 radical (unpaired) electrons. The number of halogens is 2. The molecule has 112 valence electrons. The Hall–Kier alpha value is -1.00. The Morgan fingerprint density at radius 2 is 1.90 bits per heavy atom. The summed E-state index contributed by atoms with van der Waals surface area (Å²) in [6.07, 6.45) is 1.04. The van der Waals surface area contributed by atoms with Crippen LogP contribution in [0.5, 0.6) is 5.75 Å². The fourth-order valence-electron chi connectivity index (χ4n) is 2.15. The Kier molecular flexibility index (Phi) is 6.12. The lowest BCUT2D eigenvalue weighted by atomic mass is 10.1. The van der Waals surface area contributed by atoms with E-state index in [0.29, 0.717) is 6.61 Å². The monoisotopic (exact) mass is 411 g/mol. The minimum absolute atomic E-state index is 0.651. The zero-order valence-electron chi connectivity index (χ0n) is 12.2. The second kappa shape index (κ2) is 7.85. The summed E-state index contributed by atoms with van der Waals surface area (Å²) in [6, 6.07) is 12.6. The predicted octanol–water partition coefficient (Wildman–Crippen LogP) is 5.78. The summed E-state index contributed by atoms with van der Waals surface area (Å²) in [7, 11) is 0. The van der Waals surface area contributed by atoms with Gasteiger partial charge in [-0.05, 0) is 59.1 Å². The SMILES string of the molecule is CCOc1c(Br)cc(Br)cc1CNc1cccc(CC)c1. The standard InChI is InChI=1S/C17H19Br2NO/c1-3-12-6-5-7-15(8-12)20-11-13-9-14(18)10-16(19)17(13)21-4-2/h5-10,20H,3-4,11H2,1-2H3. The summed E-state index contributed by atoms with van der Waals surface area (Å²) in [5, 5.41) is 3.47. The summed E-state index contributed by atoms with van der Waals surface area (Å²) in [6.45, 7) is 5.53. The van der Waals surface area contributed by atoms with E-state index in [1.54, 1.807) is 0 Å². The topological polar surface area (TPSA) is 21.3 Å². The number of anilines is 1. The van der Waals surface area contributed by atoms with Gasteiger partial charge in [0.2, 0.25) is 0 Å². The van der Waals surface area contributed by atoms with E-state index in [1.165, 1.54) is 5.56 Å². The number of ether oxygens (including phenoxy) is 1. The van der Waals surface area contributed by atoms with Crippen molar-refractivity contribution in [2.75, 3.05) is 11.9 Å². The Bertz CT molecular complexity index is 614. The molecule has 2 rings (SSSR count). The van der Waals surface area contributed by atoms with Gasteiger partial charge < -0.3 is 10.1 Å². The van der Waals surface area contributed by atoms with Gasteiger partial charge in [-0.1, -0.05) is 35.0 Å². The maximum Gasteiger partial charge on any atom is 0.138 e. The molecule has 21 heavy (non-hydrogen) atoms. The van der Waals surface area contributed by atoms with Gasteiger partial charge in [-0.25, -0.2) is 0 Å². The van der Waals surface area contributed by atoms with Crippen molar-refractivity contribution in [2.24, 2.45) is 0 Å². The van der Waals surface area contributed by atoms with E-state index >= 15 is 0 Å². The third-order valence-corrected chi connectivity index (χ3v) is 4.24. The minimum atomic E-state index is 0.651. The van der Waals surface area contributed by atoms with Crippen LogP contribution in [0, 0.1) is 0 Å². The van der Waals surface area contributed by atoms with Crippen LogP contribution < -0.4 is 10.1 Å². The highest BCUT2D eigenvalue weighted by Crippen LogP contribution is 2.33. The quantitative estimate of drug-likeness (QED) is 0.648. The Balaban J connectivity index is 2.18. The molecule has 0 atom stereocenters. The first-order valence-electron chi connectivity index (χ1n) is 7.07. The highest BCUT2D eigenvalue weighted by Gasteiger charge is 2.10. The van der Waals surface area contributed by atoms with Crippen molar-refractivity contribution in [1.82, 2.24) is 0 Å². The second-order valence-corrected chi connectivity index (χ2v) is 6.49. The Morgan fingerprint density at radius 1 is 1.10 bits per heavy atom. The van der Waals surface area contributed by atoms with Crippen molar-refractivity contribution in [1.29, 1.82) is 0 Å². The van der Waals surface area contributed by atoms with E-state index in [2.05, 4.69) is 74.4 Å². The molecule has 4 heteroatoms. The largest absolute Gasteiger partial charge is 0.492 e. The average Bonchev–Trinajstić information content (AvgIpc) is 2.48. The molecule has 2 aromatic rings. The summed E-state index contributed by atoms with van der Waals surface area (Å²) in [4.78, 5) is 0. The smallest absolute Gasteiger partial charge is 0.138 e. The van der Waals surface area contributed by atoms with E-state index in [9.17, 15) is 0 Å². The molecule has 0 fully saturated rings. The van der Waals surface area contributed by atoms with Gasteiger partial charge in [0.1, 0.15) is 5.75 Å². The molecule has 0 unspecified atom stereocenters. The number of benzene rings is 2. The molecular formula is C17H19Br2NO. The van der Waals surface area contributed by atoms with E-state index in [-0.39, 0.29) is 0 Å². The first-order valence-corrected chi connectivity index (χ1v) is 8.66. The Labute approximate surface area is 143 Å². The van der Waals surface area contributed by atoms with Gasteiger partial charge >= 0.3 is 0 Å². The third-order valence-electron chi connectivity index (χ3n) is 3.19. The normalized spacial score (nSPS) is 10.5. The first kappa shape index (κ1) is 16.4. The van der Waals surface area contributed by atoms with E-state index in [0.717, 1.165) is 38.9 Å². The molecule has 2 aromatic carbocycles. The number of aryl methyl sites for hydroxylation is 1. The first-order chi connectivity index (χ1) is 10.1. The molecule has 2 nitrogen and oxygen atoms in total. The molecule has 0 spiro atoms. The van der Waals surface area contributed by atoms with Crippen molar-refractivity contribution in [3.8, 4) is 5.75 Å². The lowest BCUT2D eigenvalue weighted by Gasteiger charge is -2.14. The second-order valence-electron chi connectivity index (χ2n) is 4.72. The molecule has 0 heterocycles. The van der Waals surface area contributed by atoms with Gasteiger partial charge in [-0.3, -0.25) is 0 Å². The molecule has 0 amide bonds. The van der Waals surface area contributed by atoms with E-state index < -0.39 is 0 Å². The summed E-state index contributed by atoms with van der Waals surface area (Å²) < 4.78 is 7.76. The highest BCUT2D eigenvalue weighted by molar-refractivity contribution is 9.11. The molecule has 1 N–H and O–H groups in total. The van der Waals surface area contributed by atoms with Crippen LogP contribution >= 0.6 is 31.9 Å². The molecule has 0 aromatic heterocycles. The van der Waals surface area contributed by atoms with Gasteiger partial charge in [-0.15, -0.1) is 0 Å². The number of hydrogen-bond donors (Lipinski definition) is 1. The molecule has 0 saturated carbocycles. The predicted molar refractivity (Wildman–Crippen MR) is 96.2 cm³/mol. The van der Waals surface area contributed by atoms with Gasteiger partial charge in [0, 0.05) is 22.3 Å². The van der Waals surface area contributed by atoms with Crippen molar-refractivity contribution < 1.29 is 4.74 Å². The molecule has 0 aliphatic rings. The van der Waals surface area contributed by atoms with Crippen LogP contribution in [0.2, 0.25) is 0 Å². The number of hydrogen-bond acceptors (Lipinski definition) is 2. The molecule has 0 saturated heterocycles. The zero-order valence-corrected chi connectivity index (χ0v) is 15.4. The van der Waals surface area contributed by atoms with Gasteiger partial charge in [-0.2, -0.15) is 0 Å². The lowest BCUT2D eigenvalue weighted by Crippen LogP contribution is -2.04. The van der Waals surface area contributed by atoms with Gasteiger partial charge in [0.05, 0.1) is 11.1 Å². The number of nitrogens with one attached hydrogen (secondary N) is 1. The molecule has 0 aliphatic heterocycles. The summed E-state index contributed by atoms with van der Waals surface area (Å²) >= 11 is 7.10. The maximum absolute atomic E-state index is 5.75. The fourth-order valence-corrected chi connectivity index (χ4v) is 3.58. The summed E-state index contributed by atoms with van der Waals surface area (Å²) in [5.74, 6) is 0.903. The van der Waals surface area contributed by atoms with Crippen LogP contribution in [0.4, 0.5) is 5.69 Å².